The second-order valence-electron chi connectivity index (χ2n) is 3.44. The summed E-state index contributed by atoms with van der Waals surface area (Å²) in [5.41, 5.74) is 1.79. The van der Waals surface area contributed by atoms with E-state index in [0.29, 0.717) is 6.61 Å². The summed E-state index contributed by atoms with van der Waals surface area (Å²) in [6.45, 7) is 2.13. The van der Waals surface area contributed by atoms with Crippen LogP contribution in [0.5, 0.6) is 0 Å². The molecule has 0 aromatic heterocycles. The van der Waals surface area contributed by atoms with Crippen LogP contribution < -0.4 is 16.6 Å². The molecule has 76 valence electrons. The number of hydrogen-bond donors (Lipinski definition) is 3. The summed E-state index contributed by atoms with van der Waals surface area (Å²) in [4.78, 5) is 11.5. The fraction of sp³-hybridized carbons (Fsp3) is 0.875. The molecule has 1 aliphatic rings. The molecule has 1 rings (SSSR count). The second kappa shape index (κ2) is 4.55. The fourth-order valence-electron chi connectivity index (χ4n) is 1.77. The Labute approximate surface area is 78.0 Å². The summed E-state index contributed by atoms with van der Waals surface area (Å²) < 4.78 is 5.06. The van der Waals surface area contributed by atoms with Gasteiger partial charge in [0.05, 0.1) is 12.0 Å². The van der Waals surface area contributed by atoms with Gasteiger partial charge in [-0.15, -0.1) is 0 Å². The Kier molecular flexibility index (Phi) is 3.65. The van der Waals surface area contributed by atoms with Crippen molar-refractivity contribution < 1.29 is 9.53 Å². The minimum Gasteiger partial charge on any atom is -0.384 e. The van der Waals surface area contributed by atoms with E-state index in [0.717, 1.165) is 25.9 Å². The summed E-state index contributed by atoms with van der Waals surface area (Å²) >= 11 is 0. The minimum atomic E-state index is -0.422. The topological polar surface area (TPSA) is 76.4 Å². The molecule has 0 bridgehead atoms. The Bertz CT molecular complexity index is 173. The Balaban J connectivity index is 2.66. The third kappa shape index (κ3) is 2.18. The number of carbonyl (C=O) groups is 1. The number of amides is 1. The Morgan fingerprint density at radius 1 is 1.62 bits per heavy atom. The normalized spacial score (nSPS) is 21.1. The Hall–Kier alpha value is -0.650. The molecule has 5 heteroatoms. The lowest BCUT2D eigenvalue weighted by Crippen LogP contribution is -2.51. The molecule has 0 atom stereocenters. The van der Waals surface area contributed by atoms with E-state index in [4.69, 9.17) is 10.6 Å². The third-order valence-corrected chi connectivity index (χ3v) is 2.59. The number of methoxy groups -OCH3 is 1. The van der Waals surface area contributed by atoms with Gasteiger partial charge in [-0.3, -0.25) is 10.2 Å². The summed E-state index contributed by atoms with van der Waals surface area (Å²) in [7, 11) is 1.60. The molecule has 1 heterocycles. The largest absolute Gasteiger partial charge is 0.384 e. The molecule has 0 unspecified atom stereocenters. The number of carbonyl (C=O) groups excluding carboxylic acids is 1. The number of hydrogen-bond acceptors (Lipinski definition) is 4. The third-order valence-electron chi connectivity index (χ3n) is 2.59. The first-order chi connectivity index (χ1) is 6.25. The highest BCUT2D eigenvalue weighted by Gasteiger charge is 2.39. The van der Waals surface area contributed by atoms with Crippen molar-refractivity contribution in [2.45, 2.75) is 12.8 Å². The van der Waals surface area contributed by atoms with Crippen molar-refractivity contribution in [2.24, 2.45) is 11.3 Å². The van der Waals surface area contributed by atoms with E-state index in [1.807, 2.05) is 0 Å². The van der Waals surface area contributed by atoms with E-state index < -0.39 is 5.41 Å². The van der Waals surface area contributed by atoms with Crippen LogP contribution in [0, 0.1) is 5.41 Å². The molecule has 0 aromatic carbocycles. The van der Waals surface area contributed by atoms with Gasteiger partial charge in [0, 0.05) is 7.11 Å². The molecule has 13 heavy (non-hydrogen) atoms. The summed E-state index contributed by atoms with van der Waals surface area (Å²) in [5, 5.41) is 3.20. The lowest BCUT2D eigenvalue weighted by atomic mass is 9.79. The van der Waals surface area contributed by atoms with Crippen LogP contribution in [-0.4, -0.2) is 32.7 Å². The van der Waals surface area contributed by atoms with Crippen LogP contribution in [0.15, 0.2) is 0 Å². The zero-order valence-electron chi connectivity index (χ0n) is 7.93. The van der Waals surface area contributed by atoms with Gasteiger partial charge in [-0.05, 0) is 25.9 Å². The summed E-state index contributed by atoms with van der Waals surface area (Å²) in [6, 6.07) is 0. The molecule has 0 aliphatic carbocycles. The highest BCUT2D eigenvalue weighted by molar-refractivity contribution is 5.82. The van der Waals surface area contributed by atoms with Gasteiger partial charge in [0.1, 0.15) is 0 Å². The molecule has 1 saturated heterocycles. The molecule has 5 nitrogen and oxygen atoms in total. The number of hydrazine groups is 1. The van der Waals surface area contributed by atoms with Gasteiger partial charge >= 0.3 is 0 Å². The van der Waals surface area contributed by atoms with E-state index in [-0.39, 0.29) is 5.91 Å². The van der Waals surface area contributed by atoms with Crippen LogP contribution in [-0.2, 0) is 9.53 Å². The minimum absolute atomic E-state index is 0.115. The molecular formula is C8H17N3O2. The van der Waals surface area contributed by atoms with Crippen molar-refractivity contribution in [3.05, 3.63) is 0 Å². The number of nitrogens with two attached hydrogens (primary N) is 1. The molecular weight excluding hydrogens is 170 g/mol. The van der Waals surface area contributed by atoms with Crippen molar-refractivity contribution in [2.75, 3.05) is 26.8 Å². The molecule has 0 aromatic rings. The lowest BCUT2D eigenvalue weighted by Gasteiger charge is -2.34. The first-order valence-electron chi connectivity index (χ1n) is 4.46. The van der Waals surface area contributed by atoms with E-state index >= 15 is 0 Å². The number of nitrogens with one attached hydrogen (secondary N) is 2. The van der Waals surface area contributed by atoms with E-state index in [9.17, 15) is 4.79 Å². The SMILES string of the molecule is COCC1(C(=O)NN)CCNCC1. The van der Waals surface area contributed by atoms with Crippen LogP contribution in [0.4, 0.5) is 0 Å². The van der Waals surface area contributed by atoms with Crippen molar-refractivity contribution in [1.82, 2.24) is 10.7 Å². The Morgan fingerprint density at radius 3 is 2.69 bits per heavy atom. The zero-order chi connectivity index (χ0) is 9.73. The number of piperidine rings is 1. The number of ether oxygens (including phenoxy) is 1. The predicted octanol–water partition coefficient (Wildman–Crippen LogP) is -1.01. The van der Waals surface area contributed by atoms with Gasteiger partial charge in [-0.25, -0.2) is 5.84 Å². The van der Waals surface area contributed by atoms with Gasteiger partial charge in [0.2, 0.25) is 5.91 Å². The van der Waals surface area contributed by atoms with Gasteiger partial charge in [-0.2, -0.15) is 0 Å². The van der Waals surface area contributed by atoms with Gasteiger partial charge < -0.3 is 10.1 Å². The fourth-order valence-corrected chi connectivity index (χ4v) is 1.77. The van der Waals surface area contributed by atoms with Crippen molar-refractivity contribution in [1.29, 1.82) is 0 Å². The maximum absolute atomic E-state index is 11.5. The maximum Gasteiger partial charge on any atom is 0.242 e. The van der Waals surface area contributed by atoms with Crippen LogP contribution in [0.3, 0.4) is 0 Å². The smallest absolute Gasteiger partial charge is 0.242 e. The van der Waals surface area contributed by atoms with Crippen LogP contribution >= 0.6 is 0 Å². The molecule has 0 saturated carbocycles. The Morgan fingerprint density at radius 2 is 2.23 bits per heavy atom. The average Bonchev–Trinajstić information content (AvgIpc) is 2.18. The second-order valence-corrected chi connectivity index (χ2v) is 3.44. The summed E-state index contributed by atoms with van der Waals surface area (Å²) in [6.07, 6.45) is 1.56. The highest BCUT2D eigenvalue weighted by atomic mass is 16.5. The van der Waals surface area contributed by atoms with E-state index in [1.54, 1.807) is 7.11 Å². The number of rotatable bonds is 3. The molecule has 0 radical (unpaired) electrons. The van der Waals surface area contributed by atoms with E-state index in [2.05, 4.69) is 10.7 Å². The molecule has 1 aliphatic heterocycles. The van der Waals surface area contributed by atoms with Gasteiger partial charge in [-0.1, -0.05) is 0 Å². The lowest BCUT2D eigenvalue weighted by molar-refractivity contribution is -0.136. The van der Waals surface area contributed by atoms with Gasteiger partial charge in [0.15, 0.2) is 0 Å². The molecule has 4 N–H and O–H groups in total. The quantitative estimate of drug-likeness (QED) is 0.301. The van der Waals surface area contributed by atoms with Crippen molar-refractivity contribution >= 4 is 5.91 Å². The average molecular weight is 187 g/mol. The van der Waals surface area contributed by atoms with Crippen molar-refractivity contribution in [3.63, 3.8) is 0 Å². The highest BCUT2D eigenvalue weighted by Crippen LogP contribution is 2.28. The zero-order valence-corrected chi connectivity index (χ0v) is 7.93. The van der Waals surface area contributed by atoms with Gasteiger partial charge in [0.25, 0.3) is 0 Å². The molecule has 1 amide bonds. The van der Waals surface area contributed by atoms with Crippen LogP contribution in [0.25, 0.3) is 0 Å². The monoisotopic (exact) mass is 187 g/mol. The maximum atomic E-state index is 11.5. The predicted molar refractivity (Wildman–Crippen MR) is 48.7 cm³/mol. The van der Waals surface area contributed by atoms with Crippen LogP contribution in [0.2, 0.25) is 0 Å². The molecule has 1 fully saturated rings. The van der Waals surface area contributed by atoms with Crippen LogP contribution in [0.1, 0.15) is 12.8 Å². The first kappa shape index (κ1) is 10.4. The summed E-state index contributed by atoms with van der Waals surface area (Å²) in [5.74, 6) is 5.03. The first-order valence-corrected chi connectivity index (χ1v) is 4.46. The molecule has 0 spiro atoms. The standard InChI is InChI=1S/C8H17N3O2/c1-13-6-8(7(12)11-9)2-4-10-5-3-8/h10H,2-6,9H2,1H3,(H,11,12). The van der Waals surface area contributed by atoms with Crippen molar-refractivity contribution in [3.8, 4) is 0 Å². The van der Waals surface area contributed by atoms with E-state index in [1.165, 1.54) is 0 Å².